The maximum Gasteiger partial charge on any atom is 0.0425 e. The predicted octanol–water partition coefficient (Wildman–Crippen LogP) is 2.74. The molecule has 16 heavy (non-hydrogen) atoms. The van der Waals surface area contributed by atoms with Crippen molar-refractivity contribution in [1.29, 1.82) is 0 Å². The van der Waals surface area contributed by atoms with Crippen LogP contribution in [0.25, 0.3) is 0 Å². The van der Waals surface area contributed by atoms with Gasteiger partial charge in [0.1, 0.15) is 0 Å². The smallest absolute Gasteiger partial charge is 0.0425 e. The van der Waals surface area contributed by atoms with E-state index in [0.29, 0.717) is 6.04 Å². The lowest BCUT2D eigenvalue weighted by molar-refractivity contribution is -0.251. The molecule has 1 fully saturated rings. The van der Waals surface area contributed by atoms with E-state index >= 15 is 0 Å². The van der Waals surface area contributed by atoms with Crippen molar-refractivity contribution < 1.29 is 5.21 Å². The highest BCUT2D eigenvalue weighted by atomic mass is 16.5. The Hall–Kier alpha value is -0.120. The molecule has 1 heterocycles. The summed E-state index contributed by atoms with van der Waals surface area (Å²) in [5.41, 5.74) is -0.261. The van der Waals surface area contributed by atoms with Gasteiger partial charge in [-0.25, -0.2) is 0 Å². The average molecular weight is 228 g/mol. The van der Waals surface area contributed by atoms with Gasteiger partial charge in [-0.15, -0.1) is 0 Å². The summed E-state index contributed by atoms with van der Waals surface area (Å²) in [4.78, 5) is 2.44. The second-order valence-electron chi connectivity index (χ2n) is 6.48. The second-order valence-corrected chi connectivity index (χ2v) is 6.48. The monoisotopic (exact) mass is 228 g/mol. The van der Waals surface area contributed by atoms with E-state index in [1.54, 1.807) is 5.06 Å². The normalized spacial score (nSPS) is 26.2. The zero-order chi connectivity index (χ0) is 12.6. The van der Waals surface area contributed by atoms with Gasteiger partial charge in [-0.05, 0) is 60.5 Å². The lowest BCUT2D eigenvalue weighted by Crippen LogP contribution is -2.62. The van der Waals surface area contributed by atoms with Gasteiger partial charge in [0.2, 0.25) is 0 Å². The molecule has 0 bridgehead atoms. The fourth-order valence-electron chi connectivity index (χ4n) is 3.06. The first-order valence-electron chi connectivity index (χ1n) is 6.40. The number of piperidine rings is 1. The Labute approximate surface area is 100 Å². The standard InChI is InChI=1S/C13H28N2O/c1-7-8-14(6)11-9-12(2,3)15(16)13(4,5)10-11/h11,16H,7-10H2,1-6H3. The Morgan fingerprint density at radius 2 is 1.62 bits per heavy atom. The van der Waals surface area contributed by atoms with Gasteiger partial charge >= 0.3 is 0 Å². The molecular formula is C13H28N2O. The van der Waals surface area contributed by atoms with Crippen molar-refractivity contribution in [1.82, 2.24) is 9.96 Å². The minimum absolute atomic E-state index is 0.131. The molecule has 3 heteroatoms. The highest BCUT2D eigenvalue weighted by Gasteiger charge is 2.45. The van der Waals surface area contributed by atoms with Crippen LogP contribution in [0.3, 0.4) is 0 Å². The molecule has 0 amide bonds. The van der Waals surface area contributed by atoms with Gasteiger partial charge in [0.15, 0.2) is 0 Å². The van der Waals surface area contributed by atoms with Crippen molar-refractivity contribution >= 4 is 0 Å². The van der Waals surface area contributed by atoms with Crippen LogP contribution < -0.4 is 0 Å². The molecule has 1 N–H and O–H groups in total. The van der Waals surface area contributed by atoms with Gasteiger partial charge in [0.05, 0.1) is 0 Å². The van der Waals surface area contributed by atoms with Gasteiger partial charge in [-0.3, -0.25) is 0 Å². The third-order valence-electron chi connectivity index (χ3n) is 3.82. The van der Waals surface area contributed by atoms with E-state index in [1.807, 2.05) is 0 Å². The van der Waals surface area contributed by atoms with Crippen molar-refractivity contribution in [2.75, 3.05) is 13.6 Å². The first-order valence-corrected chi connectivity index (χ1v) is 6.40. The molecule has 0 atom stereocenters. The summed E-state index contributed by atoms with van der Waals surface area (Å²) in [5.74, 6) is 0. The Morgan fingerprint density at radius 3 is 2.00 bits per heavy atom. The summed E-state index contributed by atoms with van der Waals surface area (Å²) in [6, 6.07) is 0.577. The third kappa shape index (κ3) is 2.76. The zero-order valence-corrected chi connectivity index (χ0v) is 11.7. The molecule has 0 aromatic rings. The summed E-state index contributed by atoms with van der Waals surface area (Å²) >= 11 is 0. The van der Waals surface area contributed by atoms with E-state index in [4.69, 9.17) is 0 Å². The van der Waals surface area contributed by atoms with Crippen LogP contribution in [0.4, 0.5) is 0 Å². The molecule has 0 unspecified atom stereocenters. The molecule has 0 radical (unpaired) electrons. The fraction of sp³-hybridized carbons (Fsp3) is 1.00. The van der Waals surface area contributed by atoms with Crippen LogP contribution in [0, 0.1) is 0 Å². The lowest BCUT2D eigenvalue weighted by atomic mass is 9.78. The molecule has 1 saturated heterocycles. The van der Waals surface area contributed by atoms with Crippen molar-refractivity contribution in [3.05, 3.63) is 0 Å². The van der Waals surface area contributed by atoms with Gasteiger partial charge in [-0.2, -0.15) is 5.06 Å². The number of hydroxylamine groups is 2. The first kappa shape index (κ1) is 13.9. The lowest BCUT2D eigenvalue weighted by Gasteiger charge is -2.53. The maximum absolute atomic E-state index is 10.2. The van der Waals surface area contributed by atoms with Crippen LogP contribution in [-0.4, -0.2) is 45.9 Å². The molecule has 0 aromatic carbocycles. The van der Waals surface area contributed by atoms with E-state index in [9.17, 15) is 5.21 Å². The van der Waals surface area contributed by atoms with Gasteiger partial charge in [-0.1, -0.05) is 6.92 Å². The second kappa shape index (κ2) is 4.63. The molecule has 0 aromatic heterocycles. The van der Waals surface area contributed by atoms with E-state index in [1.165, 1.54) is 6.42 Å². The Morgan fingerprint density at radius 1 is 1.19 bits per heavy atom. The predicted molar refractivity (Wildman–Crippen MR) is 67.7 cm³/mol. The quantitative estimate of drug-likeness (QED) is 0.804. The minimum atomic E-state index is -0.131. The molecule has 1 rings (SSSR count). The Bertz CT molecular complexity index is 220. The summed E-state index contributed by atoms with van der Waals surface area (Å²) in [6.45, 7) is 11.9. The van der Waals surface area contributed by atoms with Gasteiger partial charge in [0, 0.05) is 17.1 Å². The summed E-state index contributed by atoms with van der Waals surface area (Å²) in [5, 5.41) is 11.8. The third-order valence-corrected chi connectivity index (χ3v) is 3.82. The van der Waals surface area contributed by atoms with E-state index < -0.39 is 0 Å². The van der Waals surface area contributed by atoms with Crippen molar-refractivity contribution in [3.63, 3.8) is 0 Å². The van der Waals surface area contributed by atoms with E-state index in [-0.39, 0.29) is 11.1 Å². The highest BCUT2D eigenvalue weighted by molar-refractivity contribution is 4.98. The summed E-state index contributed by atoms with van der Waals surface area (Å²) < 4.78 is 0. The minimum Gasteiger partial charge on any atom is -0.313 e. The molecular weight excluding hydrogens is 200 g/mol. The number of hydrogen-bond acceptors (Lipinski definition) is 3. The number of nitrogens with zero attached hydrogens (tertiary/aromatic N) is 2. The Kier molecular flexibility index (Phi) is 4.04. The topological polar surface area (TPSA) is 26.7 Å². The molecule has 96 valence electrons. The fourth-order valence-corrected chi connectivity index (χ4v) is 3.06. The largest absolute Gasteiger partial charge is 0.313 e. The molecule has 0 saturated carbocycles. The number of rotatable bonds is 3. The van der Waals surface area contributed by atoms with E-state index in [2.05, 4.69) is 46.6 Å². The molecule has 0 spiro atoms. The van der Waals surface area contributed by atoms with Crippen LogP contribution in [0.15, 0.2) is 0 Å². The van der Waals surface area contributed by atoms with Crippen LogP contribution in [0.2, 0.25) is 0 Å². The number of hydrogen-bond donors (Lipinski definition) is 1. The SMILES string of the molecule is CCCN(C)C1CC(C)(C)N(O)C(C)(C)C1. The Balaban J connectivity index is 2.78. The zero-order valence-electron chi connectivity index (χ0n) is 11.7. The average Bonchev–Trinajstić information content (AvgIpc) is 2.13. The molecule has 3 nitrogen and oxygen atoms in total. The summed E-state index contributed by atoms with van der Waals surface area (Å²) in [7, 11) is 2.20. The maximum atomic E-state index is 10.2. The van der Waals surface area contributed by atoms with Crippen molar-refractivity contribution in [3.8, 4) is 0 Å². The van der Waals surface area contributed by atoms with E-state index in [0.717, 1.165) is 19.4 Å². The highest BCUT2D eigenvalue weighted by Crippen LogP contribution is 2.38. The summed E-state index contributed by atoms with van der Waals surface area (Å²) in [6.07, 6.45) is 3.25. The van der Waals surface area contributed by atoms with Crippen molar-refractivity contribution in [2.45, 2.75) is 71.0 Å². The van der Waals surface area contributed by atoms with Crippen LogP contribution in [0.1, 0.15) is 53.9 Å². The van der Waals surface area contributed by atoms with Crippen LogP contribution in [0.5, 0.6) is 0 Å². The van der Waals surface area contributed by atoms with Crippen LogP contribution >= 0.6 is 0 Å². The molecule has 0 aliphatic carbocycles. The van der Waals surface area contributed by atoms with Gasteiger partial charge < -0.3 is 10.1 Å². The first-order chi connectivity index (χ1) is 7.20. The van der Waals surface area contributed by atoms with Crippen molar-refractivity contribution in [2.24, 2.45) is 0 Å². The molecule has 1 aliphatic heterocycles. The van der Waals surface area contributed by atoms with Gasteiger partial charge in [0.25, 0.3) is 0 Å². The molecule has 1 aliphatic rings. The van der Waals surface area contributed by atoms with Crippen LogP contribution in [-0.2, 0) is 0 Å².